The van der Waals surface area contributed by atoms with Crippen molar-refractivity contribution in [3.8, 4) is 0 Å². The van der Waals surface area contributed by atoms with Crippen molar-refractivity contribution in [1.82, 2.24) is 14.7 Å². The summed E-state index contributed by atoms with van der Waals surface area (Å²) in [6.45, 7) is 6.94. The fourth-order valence-electron chi connectivity index (χ4n) is 5.48. The summed E-state index contributed by atoms with van der Waals surface area (Å²) in [5, 5.41) is 14.5. The first-order valence-electron chi connectivity index (χ1n) is 14.4. The number of aromatic nitrogens is 2. The SMILES string of the molecule is Cc1sc(C(=O)c2cncnc2N[C@@H]2C[C@H](COS(=O)(=O)NC(=O)OC(C)(C)C)[C@H](O)C2)cc1[C@@H]1OCCc2ccc(Cl)cc21. The normalized spacial score (nSPS) is 21.6. The Labute approximate surface area is 270 Å². The maximum absolute atomic E-state index is 13.8. The molecule has 0 spiro atoms. The van der Waals surface area contributed by atoms with E-state index in [2.05, 4.69) is 15.3 Å². The lowest BCUT2D eigenvalue weighted by Gasteiger charge is -2.26. The van der Waals surface area contributed by atoms with Gasteiger partial charge in [0.05, 0.1) is 29.8 Å². The minimum Gasteiger partial charge on any atom is -0.443 e. The molecular weight excluding hydrogens is 644 g/mol. The second kappa shape index (κ2) is 13.3. The first-order chi connectivity index (χ1) is 21.2. The smallest absolute Gasteiger partial charge is 0.423 e. The largest absolute Gasteiger partial charge is 0.443 e. The van der Waals surface area contributed by atoms with Gasteiger partial charge in [0, 0.05) is 28.1 Å². The van der Waals surface area contributed by atoms with E-state index < -0.39 is 34.0 Å². The standard InChI is InChI=1S/C30H35ClN4O8S2/c1-16-21(27-22-10-19(31)6-5-17(22)7-8-41-27)12-25(44-16)26(37)23-13-32-15-33-28(23)34-20-9-18(24(36)11-20)14-42-45(39,40)35-29(38)43-30(2,3)4/h5-6,10,12-13,15,18,20,24,27,36H,7-9,11,14H2,1-4H3,(H,35,38)(H,32,33,34)/t18-,20-,24-,27+/m1/s1. The molecular formula is C30H35ClN4O8S2. The summed E-state index contributed by atoms with van der Waals surface area (Å²) < 4.78 is 42.2. The molecule has 0 unspecified atom stereocenters. The van der Waals surface area contributed by atoms with Crippen molar-refractivity contribution < 1.29 is 36.8 Å². The minimum absolute atomic E-state index is 0.258. The number of ketones is 1. The Morgan fingerprint density at radius 2 is 1.98 bits per heavy atom. The number of thiophene rings is 1. The molecule has 4 atom stereocenters. The first kappa shape index (κ1) is 33.2. The van der Waals surface area contributed by atoms with Crippen LogP contribution < -0.4 is 10.0 Å². The number of carbonyl (C=O) groups excluding carboxylic acids is 2. The van der Waals surface area contributed by atoms with Gasteiger partial charge in [-0.05, 0) is 81.8 Å². The Bertz CT molecular complexity index is 1690. The topological polar surface area (TPSA) is 166 Å². The van der Waals surface area contributed by atoms with Crippen LogP contribution in [0.2, 0.25) is 5.02 Å². The van der Waals surface area contributed by atoms with Gasteiger partial charge in [-0.3, -0.25) is 8.98 Å². The van der Waals surface area contributed by atoms with Crippen molar-refractivity contribution in [2.45, 2.75) is 70.8 Å². The fraction of sp³-hybridized carbons (Fsp3) is 0.467. The number of hydrogen-bond donors (Lipinski definition) is 3. The number of aryl methyl sites for hydroxylation is 1. The molecule has 3 N–H and O–H groups in total. The lowest BCUT2D eigenvalue weighted by atomic mass is 9.93. The average Bonchev–Trinajstić information content (AvgIpc) is 3.51. The molecule has 1 aliphatic heterocycles. The zero-order chi connectivity index (χ0) is 32.5. The summed E-state index contributed by atoms with van der Waals surface area (Å²) in [5.74, 6) is -0.531. The minimum atomic E-state index is -4.45. The van der Waals surface area contributed by atoms with Gasteiger partial charge in [0.1, 0.15) is 23.9 Å². The Morgan fingerprint density at radius 3 is 2.73 bits per heavy atom. The highest BCUT2D eigenvalue weighted by atomic mass is 35.5. The zero-order valence-electron chi connectivity index (χ0n) is 25.2. The molecule has 3 aromatic rings. The van der Waals surface area contributed by atoms with Gasteiger partial charge in [0.2, 0.25) is 5.78 Å². The van der Waals surface area contributed by atoms with Gasteiger partial charge in [-0.15, -0.1) is 11.3 Å². The molecule has 1 amide bonds. The fourth-order valence-corrected chi connectivity index (χ4v) is 7.33. The number of nitrogens with zero attached hydrogens (tertiary/aromatic N) is 2. The van der Waals surface area contributed by atoms with Gasteiger partial charge in [-0.2, -0.15) is 13.1 Å². The second-order valence-corrected chi connectivity index (χ2v) is 15.1. The van der Waals surface area contributed by atoms with Crippen LogP contribution in [-0.4, -0.2) is 66.3 Å². The number of carbonyl (C=O) groups is 2. The van der Waals surface area contributed by atoms with E-state index in [0.717, 1.165) is 28.0 Å². The lowest BCUT2D eigenvalue weighted by Crippen LogP contribution is -2.38. The summed E-state index contributed by atoms with van der Waals surface area (Å²) in [6.07, 6.45) is 1.74. The molecule has 1 fully saturated rings. The van der Waals surface area contributed by atoms with Crippen LogP contribution in [0.3, 0.4) is 0 Å². The molecule has 1 aromatic carbocycles. The molecule has 1 aliphatic carbocycles. The van der Waals surface area contributed by atoms with E-state index in [1.165, 1.54) is 23.9 Å². The number of anilines is 1. The number of amides is 1. The van der Waals surface area contributed by atoms with Gasteiger partial charge in [0.15, 0.2) is 0 Å². The molecule has 0 radical (unpaired) electrons. The van der Waals surface area contributed by atoms with Crippen molar-refractivity contribution in [2.75, 3.05) is 18.5 Å². The second-order valence-electron chi connectivity index (χ2n) is 12.1. The number of benzene rings is 1. The van der Waals surface area contributed by atoms with Gasteiger partial charge < -0.3 is 19.9 Å². The summed E-state index contributed by atoms with van der Waals surface area (Å²) in [5.41, 5.74) is 2.42. The monoisotopic (exact) mass is 678 g/mol. The van der Waals surface area contributed by atoms with Gasteiger partial charge >= 0.3 is 16.4 Å². The number of aliphatic hydroxyl groups excluding tert-OH is 1. The zero-order valence-corrected chi connectivity index (χ0v) is 27.6. The van der Waals surface area contributed by atoms with Crippen molar-refractivity contribution in [3.63, 3.8) is 0 Å². The molecule has 5 rings (SSSR count). The number of hydrogen-bond acceptors (Lipinski definition) is 12. The quantitative estimate of drug-likeness (QED) is 0.268. The van der Waals surface area contributed by atoms with E-state index >= 15 is 0 Å². The van der Waals surface area contributed by atoms with Gasteiger partial charge in [-0.25, -0.2) is 14.8 Å². The summed E-state index contributed by atoms with van der Waals surface area (Å²) in [7, 11) is -4.45. The van der Waals surface area contributed by atoms with Gasteiger partial charge in [-0.1, -0.05) is 17.7 Å². The Hall–Kier alpha value is -3.14. The number of fused-ring (bicyclic) bond motifs is 1. The maximum atomic E-state index is 13.8. The van der Waals surface area contributed by atoms with Crippen molar-refractivity contribution in [1.29, 1.82) is 0 Å². The Kier molecular flexibility index (Phi) is 9.82. The molecule has 0 saturated heterocycles. The molecule has 15 heteroatoms. The summed E-state index contributed by atoms with van der Waals surface area (Å²) in [4.78, 5) is 35.4. The van der Waals surface area contributed by atoms with Crippen LogP contribution >= 0.6 is 22.9 Å². The van der Waals surface area contributed by atoms with E-state index in [1.54, 1.807) is 25.5 Å². The molecule has 2 aliphatic rings. The third kappa shape index (κ3) is 8.18. The van der Waals surface area contributed by atoms with Crippen LogP contribution in [0.15, 0.2) is 36.8 Å². The van der Waals surface area contributed by atoms with Gasteiger partial charge in [0.25, 0.3) is 0 Å². The molecule has 3 heterocycles. The number of nitrogens with one attached hydrogen (secondary N) is 2. The molecule has 12 nitrogen and oxygen atoms in total. The van der Waals surface area contributed by atoms with E-state index in [-0.39, 0.29) is 36.5 Å². The highest BCUT2D eigenvalue weighted by Gasteiger charge is 2.36. The third-order valence-corrected chi connectivity index (χ3v) is 9.67. The summed E-state index contributed by atoms with van der Waals surface area (Å²) in [6, 6.07) is 7.30. The van der Waals surface area contributed by atoms with Crippen molar-refractivity contribution in [2.24, 2.45) is 5.92 Å². The van der Waals surface area contributed by atoms with E-state index in [0.29, 0.717) is 28.7 Å². The summed E-state index contributed by atoms with van der Waals surface area (Å²) >= 11 is 7.65. The van der Waals surface area contributed by atoms with Crippen LogP contribution in [0, 0.1) is 12.8 Å². The molecule has 242 valence electrons. The van der Waals surface area contributed by atoms with Crippen molar-refractivity contribution in [3.05, 3.63) is 73.8 Å². The van der Waals surface area contributed by atoms with Crippen LogP contribution in [0.4, 0.5) is 10.6 Å². The number of halogens is 1. The average molecular weight is 679 g/mol. The van der Waals surface area contributed by atoms with E-state index in [9.17, 15) is 23.1 Å². The molecule has 0 bridgehead atoms. The molecule has 1 saturated carbocycles. The van der Waals surface area contributed by atoms with Crippen molar-refractivity contribution >= 4 is 50.9 Å². The van der Waals surface area contributed by atoms with E-state index in [1.807, 2.05) is 31.2 Å². The lowest BCUT2D eigenvalue weighted by molar-refractivity contribution is 0.0558. The van der Waals surface area contributed by atoms with Crippen LogP contribution in [0.5, 0.6) is 0 Å². The molecule has 45 heavy (non-hydrogen) atoms. The third-order valence-electron chi connectivity index (χ3n) is 7.51. The predicted octanol–water partition coefficient (Wildman–Crippen LogP) is 4.73. The van der Waals surface area contributed by atoms with Crippen LogP contribution in [-0.2, 0) is 30.4 Å². The first-order valence-corrected chi connectivity index (χ1v) is 17.0. The highest BCUT2D eigenvalue weighted by Crippen LogP contribution is 2.39. The number of ether oxygens (including phenoxy) is 2. The number of rotatable bonds is 9. The van der Waals surface area contributed by atoms with Crippen LogP contribution in [0.1, 0.15) is 76.5 Å². The highest BCUT2D eigenvalue weighted by molar-refractivity contribution is 7.85. The number of aliphatic hydroxyl groups is 1. The molecule has 2 aromatic heterocycles. The predicted molar refractivity (Wildman–Crippen MR) is 168 cm³/mol. The van der Waals surface area contributed by atoms with E-state index in [4.69, 9.17) is 25.3 Å². The maximum Gasteiger partial charge on any atom is 0.423 e. The Morgan fingerprint density at radius 1 is 1.20 bits per heavy atom. The van der Waals surface area contributed by atoms with Crippen LogP contribution in [0.25, 0.3) is 0 Å². The Balaban J connectivity index is 1.25.